The maximum Gasteiger partial charge on any atom is 0.306 e. The SMILES string of the molecule is CCC(Cl)CC(Cl)CCCC(Cl)C(Cl)CCC(Cl)CC(CC)C(=O)O. The molecule has 0 saturated carbocycles. The van der Waals surface area contributed by atoms with Crippen LogP contribution in [-0.2, 0) is 4.79 Å². The highest BCUT2D eigenvalue weighted by Crippen LogP contribution is 2.27. The summed E-state index contributed by atoms with van der Waals surface area (Å²) >= 11 is 31.4. The van der Waals surface area contributed by atoms with Crippen LogP contribution in [0.4, 0.5) is 0 Å². The zero-order valence-electron chi connectivity index (χ0n) is 15.1. The van der Waals surface area contributed by atoms with E-state index in [1.165, 1.54) is 0 Å². The third-order valence-electron chi connectivity index (χ3n) is 4.48. The first-order chi connectivity index (χ1) is 11.7. The highest BCUT2D eigenvalue weighted by Gasteiger charge is 2.22. The van der Waals surface area contributed by atoms with Gasteiger partial charge in [0.05, 0.1) is 5.92 Å². The van der Waals surface area contributed by atoms with E-state index in [4.69, 9.17) is 63.1 Å². The van der Waals surface area contributed by atoms with Crippen LogP contribution in [0.15, 0.2) is 0 Å². The van der Waals surface area contributed by atoms with Gasteiger partial charge in [-0.1, -0.05) is 20.3 Å². The predicted octanol–water partition coefficient (Wildman–Crippen LogP) is 7.27. The van der Waals surface area contributed by atoms with Crippen molar-refractivity contribution in [3.8, 4) is 0 Å². The first-order valence-electron chi connectivity index (χ1n) is 9.14. The van der Waals surface area contributed by atoms with Crippen molar-refractivity contribution in [2.75, 3.05) is 0 Å². The first-order valence-corrected chi connectivity index (χ1v) is 11.3. The molecule has 0 aromatic carbocycles. The van der Waals surface area contributed by atoms with Gasteiger partial charge in [-0.3, -0.25) is 4.79 Å². The van der Waals surface area contributed by atoms with Gasteiger partial charge in [0.1, 0.15) is 0 Å². The molecule has 7 heteroatoms. The molecule has 150 valence electrons. The number of aliphatic carboxylic acids is 1. The van der Waals surface area contributed by atoms with Crippen LogP contribution in [0.5, 0.6) is 0 Å². The van der Waals surface area contributed by atoms with Gasteiger partial charge in [0.25, 0.3) is 0 Å². The molecule has 0 aliphatic heterocycles. The van der Waals surface area contributed by atoms with Gasteiger partial charge in [-0.25, -0.2) is 0 Å². The molecular weight excluding hydrogens is 425 g/mol. The Kier molecular flexibility index (Phi) is 15.5. The minimum Gasteiger partial charge on any atom is -0.481 e. The third kappa shape index (κ3) is 12.8. The van der Waals surface area contributed by atoms with Crippen molar-refractivity contribution < 1.29 is 9.90 Å². The molecule has 1 N–H and O–H groups in total. The average Bonchev–Trinajstić information content (AvgIpc) is 2.56. The Balaban J connectivity index is 3.98. The molecule has 0 heterocycles. The summed E-state index contributed by atoms with van der Waals surface area (Å²) < 4.78 is 0. The summed E-state index contributed by atoms with van der Waals surface area (Å²) in [6, 6.07) is 0. The maximum atomic E-state index is 11.0. The molecule has 0 spiro atoms. The minimum absolute atomic E-state index is 0.0781. The van der Waals surface area contributed by atoms with Gasteiger partial charge in [0, 0.05) is 26.9 Å². The van der Waals surface area contributed by atoms with Crippen molar-refractivity contribution in [1.29, 1.82) is 0 Å². The van der Waals surface area contributed by atoms with Crippen LogP contribution in [0.2, 0.25) is 0 Å². The topological polar surface area (TPSA) is 37.3 Å². The molecule has 0 amide bonds. The fourth-order valence-corrected chi connectivity index (χ4v) is 4.22. The molecule has 0 fully saturated rings. The van der Waals surface area contributed by atoms with E-state index in [9.17, 15) is 4.79 Å². The van der Waals surface area contributed by atoms with E-state index in [1.807, 2.05) is 6.92 Å². The number of carboxylic acids is 1. The van der Waals surface area contributed by atoms with Crippen molar-refractivity contribution >= 4 is 64.0 Å². The maximum absolute atomic E-state index is 11.0. The molecule has 25 heavy (non-hydrogen) atoms. The predicted molar refractivity (Wildman–Crippen MR) is 112 cm³/mol. The van der Waals surface area contributed by atoms with Gasteiger partial charge in [0.2, 0.25) is 0 Å². The van der Waals surface area contributed by atoms with Crippen molar-refractivity contribution in [1.82, 2.24) is 0 Å². The largest absolute Gasteiger partial charge is 0.481 e. The van der Waals surface area contributed by atoms with Crippen molar-refractivity contribution in [2.24, 2.45) is 5.92 Å². The van der Waals surface area contributed by atoms with E-state index in [2.05, 4.69) is 6.92 Å². The number of hydrogen-bond acceptors (Lipinski definition) is 1. The molecule has 0 aromatic heterocycles. The van der Waals surface area contributed by atoms with Gasteiger partial charge >= 0.3 is 5.97 Å². The lowest BCUT2D eigenvalue weighted by Gasteiger charge is -2.20. The van der Waals surface area contributed by atoms with Gasteiger partial charge in [-0.05, 0) is 51.4 Å². The van der Waals surface area contributed by atoms with E-state index in [1.54, 1.807) is 0 Å². The summed E-state index contributed by atoms with van der Waals surface area (Å²) in [5.41, 5.74) is 0. The number of alkyl halides is 5. The zero-order valence-corrected chi connectivity index (χ0v) is 18.9. The Hall–Kier alpha value is 0.920. The number of carboxylic acid groups (broad SMARTS) is 1. The molecule has 0 radical (unpaired) electrons. The molecule has 6 unspecified atom stereocenters. The second kappa shape index (κ2) is 14.9. The van der Waals surface area contributed by atoms with Gasteiger partial charge in [-0.15, -0.1) is 58.0 Å². The summed E-state index contributed by atoms with van der Waals surface area (Å²) in [5.74, 6) is -1.18. The van der Waals surface area contributed by atoms with E-state index in [-0.39, 0.29) is 26.9 Å². The summed E-state index contributed by atoms with van der Waals surface area (Å²) in [6.07, 6.45) is 6.75. The van der Waals surface area contributed by atoms with E-state index < -0.39 is 11.9 Å². The summed E-state index contributed by atoms with van der Waals surface area (Å²) in [7, 11) is 0. The monoisotopic (exact) mass is 454 g/mol. The third-order valence-corrected chi connectivity index (χ3v) is 6.94. The molecule has 0 aliphatic rings. The van der Waals surface area contributed by atoms with Crippen LogP contribution in [0.25, 0.3) is 0 Å². The molecule has 6 atom stereocenters. The van der Waals surface area contributed by atoms with Crippen LogP contribution in [0.3, 0.4) is 0 Å². The van der Waals surface area contributed by atoms with Crippen molar-refractivity contribution in [3.05, 3.63) is 0 Å². The smallest absolute Gasteiger partial charge is 0.306 e. The van der Waals surface area contributed by atoms with Gasteiger partial charge < -0.3 is 5.11 Å². The molecule has 0 aromatic rings. The van der Waals surface area contributed by atoms with Crippen LogP contribution < -0.4 is 0 Å². The lowest BCUT2D eigenvalue weighted by Crippen LogP contribution is -2.20. The average molecular weight is 457 g/mol. The molecule has 0 saturated heterocycles. The number of rotatable bonds is 15. The normalized spacial score (nSPS) is 19.0. The lowest BCUT2D eigenvalue weighted by atomic mass is 9.97. The summed E-state index contributed by atoms with van der Waals surface area (Å²) in [5, 5.41) is 8.80. The zero-order chi connectivity index (χ0) is 19.4. The van der Waals surface area contributed by atoms with Gasteiger partial charge in [-0.2, -0.15) is 0 Å². The number of halogens is 5. The summed E-state index contributed by atoms with van der Waals surface area (Å²) in [4.78, 5) is 11.0. The fraction of sp³-hybridized carbons (Fsp3) is 0.944. The van der Waals surface area contributed by atoms with E-state index in [0.29, 0.717) is 25.7 Å². The second-order valence-corrected chi connectivity index (χ2v) is 9.63. The standard InChI is InChI=1S/C18H31Cl5O2/c1-3-12(18(24)25)10-15(21)8-9-17(23)16(22)7-5-6-14(20)11-13(19)4-2/h12-17H,3-11H2,1-2H3,(H,24,25). The highest BCUT2D eigenvalue weighted by molar-refractivity contribution is 6.30. The van der Waals surface area contributed by atoms with Crippen LogP contribution >= 0.6 is 58.0 Å². The Labute approximate surface area is 177 Å². The van der Waals surface area contributed by atoms with Crippen molar-refractivity contribution in [2.45, 2.75) is 98.5 Å². The molecule has 0 rings (SSSR count). The van der Waals surface area contributed by atoms with Crippen LogP contribution in [-0.4, -0.2) is 38.0 Å². The molecular formula is C18H31Cl5O2. The molecule has 0 aliphatic carbocycles. The molecule has 0 bridgehead atoms. The Morgan fingerprint density at radius 2 is 1.32 bits per heavy atom. The van der Waals surface area contributed by atoms with Crippen molar-refractivity contribution in [3.63, 3.8) is 0 Å². The number of carbonyl (C=O) groups is 1. The Bertz CT molecular complexity index is 356. The second-order valence-electron chi connectivity index (χ2n) is 6.66. The fourth-order valence-electron chi connectivity index (χ4n) is 2.67. The summed E-state index contributed by atoms with van der Waals surface area (Å²) in [6.45, 7) is 3.91. The van der Waals surface area contributed by atoms with Crippen LogP contribution in [0, 0.1) is 5.92 Å². The Morgan fingerprint density at radius 1 is 0.760 bits per heavy atom. The Morgan fingerprint density at radius 3 is 1.84 bits per heavy atom. The molecule has 2 nitrogen and oxygen atoms in total. The van der Waals surface area contributed by atoms with Gasteiger partial charge in [0.15, 0.2) is 0 Å². The van der Waals surface area contributed by atoms with E-state index in [0.717, 1.165) is 32.1 Å². The first kappa shape index (κ1) is 25.9. The number of hydrogen-bond donors (Lipinski definition) is 1. The minimum atomic E-state index is -0.788. The lowest BCUT2D eigenvalue weighted by molar-refractivity contribution is -0.142. The highest BCUT2D eigenvalue weighted by atomic mass is 35.5. The quantitative estimate of drug-likeness (QED) is 0.263. The van der Waals surface area contributed by atoms with Crippen LogP contribution in [0.1, 0.15) is 71.6 Å². The van der Waals surface area contributed by atoms with E-state index >= 15 is 0 Å².